The van der Waals surface area contributed by atoms with Crippen molar-refractivity contribution in [2.24, 2.45) is 16.7 Å². The molecule has 200 valence electrons. The summed E-state index contributed by atoms with van der Waals surface area (Å²) in [6.07, 6.45) is 8.16. The summed E-state index contributed by atoms with van der Waals surface area (Å²) in [4.78, 5) is 29.1. The van der Waals surface area contributed by atoms with Crippen LogP contribution in [0.2, 0.25) is 0 Å². The third kappa shape index (κ3) is 5.90. The lowest BCUT2D eigenvalue weighted by atomic mass is 9.55. The lowest BCUT2D eigenvalue weighted by Gasteiger charge is -2.45. The molecule has 4 nitrogen and oxygen atoms in total. The summed E-state index contributed by atoms with van der Waals surface area (Å²) in [5.74, 6) is -0.669. The molecule has 4 heteroatoms. The van der Waals surface area contributed by atoms with Crippen molar-refractivity contribution < 1.29 is 19.8 Å². The second-order valence-electron chi connectivity index (χ2n) is 12.3. The Bertz CT molecular complexity index is 1150. The number of allylic oxidation sites excluding steroid dienone is 7. The van der Waals surface area contributed by atoms with Crippen LogP contribution in [-0.4, -0.2) is 27.4 Å². The molecule has 0 amide bonds. The molecule has 4 unspecified atom stereocenters. The number of Topliss-reactive ketones (excluding diaryl/α,β-unsaturated/α-hetero) is 2. The highest BCUT2D eigenvalue weighted by atomic mass is 16.3. The smallest absolute Gasteiger partial charge is 0.176 e. The Morgan fingerprint density at radius 1 is 0.919 bits per heavy atom. The molecular weight excluding hydrogens is 460 g/mol. The van der Waals surface area contributed by atoms with Gasteiger partial charge in [-0.15, -0.1) is 0 Å². The number of carbonyl (C=O) groups is 2. The van der Waals surface area contributed by atoms with E-state index in [4.69, 9.17) is 0 Å². The predicted octanol–water partition coefficient (Wildman–Crippen LogP) is 7.70. The van der Waals surface area contributed by atoms with E-state index in [0.29, 0.717) is 30.4 Å². The first kappa shape index (κ1) is 28.8. The van der Waals surface area contributed by atoms with Crippen LogP contribution >= 0.6 is 0 Å². The Labute approximate surface area is 222 Å². The first-order valence-corrected chi connectivity index (χ1v) is 13.4. The summed E-state index contributed by atoms with van der Waals surface area (Å²) in [7, 11) is 0. The van der Waals surface area contributed by atoms with Gasteiger partial charge < -0.3 is 10.2 Å². The standard InChI is InChI=1S/C33H44O4/c1-22(2)13-14-26-19-32(17-15-23(3)4)20-27(28(34)25-11-9-8-10-12-25)29(35)33(30(32)36,18-16-24(5)6)21-31(26,7)37/h8-13,15-16,26,34,37H,14,17-21H2,1-7H3. The van der Waals surface area contributed by atoms with Gasteiger partial charge in [0.15, 0.2) is 11.6 Å². The normalized spacial score (nSPS) is 30.8. The van der Waals surface area contributed by atoms with Crippen LogP contribution in [0.4, 0.5) is 0 Å². The van der Waals surface area contributed by atoms with E-state index < -0.39 is 16.4 Å². The van der Waals surface area contributed by atoms with Crippen LogP contribution in [0.1, 0.15) is 92.6 Å². The van der Waals surface area contributed by atoms with E-state index in [1.807, 2.05) is 65.8 Å². The van der Waals surface area contributed by atoms with Gasteiger partial charge in [-0.05, 0) is 92.9 Å². The summed E-state index contributed by atoms with van der Waals surface area (Å²) < 4.78 is 0. The molecular formula is C33H44O4. The Hall–Kier alpha value is -2.72. The van der Waals surface area contributed by atoms with E-state index in [2.05, 4.69) is 12.2 Å². The number of benzene rings is 1. The van der Waals surface area contributed by atoms with Crippen LogP contribution < -0.4 is 0 Å². The second kappa shape index (κ2) is 10.9. The van der Waals surface area contributed by atoms with E-state index in [-0.39, 0.29) is 42.5 Å². The van der Waals surface area contributed by atoms with Gasteiger partial charge in [-0.1, -0.05) is 65.3 Å². The highest BCUT2D eigenvalue weighted by Crippen LogP contribution is 2.59. The summed E-state index contributed by atoms with van der Waals surface area (Å²) in [5.41, 5.74) is 0.615. The van der Waals surface area contributed by atoms with Gasteiger partial charge in [0, 0.05) is 16.6 Å². The molecule has 37 heavy (non-hydrogen) atoms. The number of rotatable bonds is 7. The highest BCUT2D eigenvalue weighted by Gasteiger charge is 2.64. The zero-order valence-corrected chi connectivity index (χ0v) is 23.6. The number of hydrogen-bond donors (Lipinski definition) is 2. The van der Waals surface area contributed by atoms with Crippen LogP contribution in [0, 0.1) is 16.7 Å². The molecule has 2 aliphatic rings. The quantitative estimate of drug-likeness (QED) is 0.173. The third-order valence-corrected chi connectivity index (χ3v) is 8.22. The van der Waals surface area contributed by atoms with E-state index >= 15 is 0 Å². The van der Waals surface area contributed by atoms with Gasteiger partial charge in [0.2, 0.25) is 0 Å². The van der Waals surface area contributed by atoms with E-state index in [9.17, 15) is 19.8 Å². The number of hydrogen-bond acceptors (Lipinski definition) is 4. The van der Waals surface area contributed by atoms with Crippen molar-refractivity contribution in [2.45, 2.75) is 92.6 Å². The molecule has 4 atom stereocenters. The Morgan fingerprint density at radius 2 is 1.49 bits per heavy atom. The molecule has 0 aliphatic heterocycles. The maximum atomic E-state index is 14.7. The van der Waals surface area contributed by atoms with Crippen molar-refractivity contribution >= 4 is 17.3 Å². The Balaban J connectivity index is 2.35. The van der Waals surface area contributed by atoms with Crippen molar-refractivity contribution in [3.8, 4) is 0 Å². The van der Waals surface area contributed by atoms with Crippen molar-refractivity contribution in [1.29, 1.82) is 0 Å². The van der Waals surface area contributed by atoms with E-state index in [1.165, 1.54) is 0 Å². The molecule has 0 saturated heterocycles. The largest absolute Gasteiger partial charge is 0.507 e. The minimum Gasteiger partial charge on any atom is -0.507 e. The van der Waals surface area contributed by atoms with Gasteiger partial charge >= 0.3 is 0 Å². The highest BCUT2D eigenvalue weighted by molar-refractivity contribution is 6.21. The topological polar surface area (TPSA) is 74.6 Å². The van der Waals surface area contributed by atoms with Gasteiger partial charge in [-0.25, -0.2) is 0 Å². The molecule has 2 N–H and O–H groups in total. The molecule has 1 aromatic rings. The third-order valence-electron chi connectivity index (χ3n) is 8.22. The van der Waals surface area contributed by atoms with E-state index in [0.717, 1.165) is 16.7 Å². The van der Waals surface area contributed by atoms with Crippen molar-refractivity contribution in [3.05, 3.63) is 76.4 Å². The lowest BCUT2D eigenvalue weighted by Crippen LogP contribution is -2.54. The molecule has 2 aliphatic carbocycles. The lowest BCUT2D eigenvalue weighted by molar-refractivity contribution is -0.151. The van der Waals surface area contributed by atoms with Crippen LogP contribution in [0.3, 0.4) is 0 Å². The van der Waals surface area contributed by atoms with Gasteiger partial charge in [-0.2, -0.15) is 0 Å². The molecule has 2 saturated carbocycles. The number of fused-ring (bicyclic) bond motifs is 2. The van der Waals surface area contributed by atoms with Gasteiger partial charge in [0.1, 0.15) is 5.76 Å². The predicted molar refractivity (Wildman–Crippen MR) is 151 cm³/mol. The first-order valence-electron chi connectivity index (χ1n) is 13.4. The minimum absolute atomic E-state index is 0.0465. The maximum Gasteiger partial charge on any atom is 0.176 e. The second-order valence-corrected chi connectivity index (χ2v) is 12.3. The Morgan fingerprint density at radius 3 is 2.05 bits per heavy atom. The summed E-state index contributed by atoms with van der Waals surface area (Å²) in [6.45, 7) is 13.8. The van der Waals surface area contributed by atoms with Gasteiger partial charge in [0.05, 0.1) is 11.0 Å². The molecule has 0 spiro atoms. The minimum atomic E-state index is -1.42. The van der Waals surface area contributed by atoms with Crippen LogP contribution in [0.15, 0.2) is 70.9 Å². The summed E-state index contributed by atoms with van der Waals surface area (Å²) in [6, 6.07) is 9.10. The number of aliphatic hydroxyl groups is 2. The molecule has 2 bridgehead atoms. The van der Waals surface area contributed by atoms with Crippen LogP contribution in [0.25, 0.3) is 5.76 Å². The molecule has 1 aromatic carbocycles. The SMILES string of the molecule is CC(C)=CCC1CC2(CC=C(C)C)CC(=C(O)c3ccccc3)C(=O)C(CC=C(C)C)(CC1(C)O)C2=O. The van der Waals surface area contributed by atoms with Crippen LogP contribution in [-0.2, 0) is 9.59 Å². The summed E-state index contributed by atoms with van der Waals surface area (Å²) in [5, 5.41) is 23.4. The van der Waals surface area contributed by atoms with Crippen molar-refractivity contribution in [3.63, 3.8) is 0 Å². The average Bonchev–Trinajstić information content (AvgIpc) is 2.88. The molecule has 3 rings (SSSR count). The van der Waals surface area contributed by atoms with E-state index in [1.54, 1.807) is 19.1 Å². The number of carbonyl (C=O) groups excluding carboxylic acids is 2. The number of ketones is 2. The fraction of sp³-hybridized carbons (Fsp3) is 0.515. The fourth-order valence-corrected chi connectivity index (χ4v) is 6.13. The Kier molecular flexibility index (Phi) is 8.54. The van der Waals surface area contributed by atoms with Crippen molar-refractivity contribution in [1.82, 2.24) is 0 Å². The van der Waals surface area contributed by atoms with Crippen molar-refractivity contribution in [2.75, 3.05) is 0 Å². The monoisotopic (exact) mass is 504 g/mol. The average molecular weight is 505 g/mol. The first-order chi connectivity index (χ1) is 17.2. The fourth-order valence-electron chi connectivity index (χ4n) is 6.13. The van der Waals surface area contributed by atoms with Crippen LogP contribution in [0.5, 0.6) is 0 Å². The van der Waals surface area contributed by atoms with Gasteiger partial charge in [0.25, 0.3) is 0 Å². The molecule has 0 aromatic heterocycles. The molecule has 2 fully saturated rings. The zero-order valence-electron chi connectivity index (χ0n) is 23.6. The molecule has 0 radical (unpaired) electrons. The maximum absolute atomic E-state index is 14.7. The number of aliphatic hydroxyl groups excluding tert-OH is 1. The van der Waals surface area contributed by atoms with Gasteiger partial charge in [-0.3, -0.25) is 9.59 Å². The molecule has 0 heterocycles. The summed E-state index contributed by atoms with van der Waals surface area (Å²) >= 11 is 0. The zero-order chi connectivity index (χ0) is 27.6.